The first-order valence-electron chi connectivity index (χ1n) is 3.42. The highest BCUT2D eigenvalue weighted by Gasteiger charge is 2.61. The molecule has 1 saturated carbocycles. The monoisotopic (exact) mass is 157 g/mol. The smallest absolute Gasteiger partial charge is 0.307 e. The fourth-order valence-electron chi connectivity index (χ4n) is 1.50. The lowest BCUT2D eigenvalue weighted by atomic mass is 10.1. The van der Waals surface area contributed by atoms with Gasteiger partial charge in [0.15, 0.2) is 0 Å². The van der Waals surface area contributed by atoms with Crippen molar-refractivity contribution in [3.8, 4) is 0 Å². The van der Waals surface area contributed by atoms with Gasteiger partial charge in [-0.1, -0.05) is 13.8 Å². The zero-order chi connectivity index (χ0) is 8.65. The van der Waals surface area contributed by atoms with Gasteiger partial charge in [0, 0.05) is 12.1 Å². The number of oxime groups is 1. The van der Waals surface area contributed by atoms with Gasteiger partial charge in [-0.3, -0.25) is 4.79 Å². The van der Waals surface area contributed by atoms with Crippen molar-refractivity contribution in [1.82, 2.24) is 0 Å². The van der Waals surface area contributed by atoms with Crippen molar-refractivity contribution >= 4 is 12.2 Å². The SMILES string of the molecule is CC1(C)C(C=NO)C1C(=O)O. The maximum atomic E-state index is 10.5. The summed E-state index contributed by atoms with van der Waals surface area (Å²) in [4.78, 5) is 10.5. The Balaban J connectivity index is 2.68. The minimum atomic E-state index is -0.820. The Hall–Kier alpha value is -1.06. The molecule has 0 amide bonds. The Morgan fingerprint density at radius 2 is 2.18 bits per heavy atom. The summed E-state index contributed by atoms with van der Waals surface area (Å²) in [6.07, 6.45) is 1.29. The molecule has 62 valence electrons. The van der Waals surface area contributed by atoms with Gasteiger partial charge in [0.2, 0.25) is 0 Å². The third kappa shape index (κ3) is 1.08. The second-order valence-electron chi connectivity index (χ2n) is 3.43. The lowest BCUT2D eigenvalue weighted by molar-refractivity contribution is -0.139. The van der Waals surface area contributed by atoms with Crippen LogP contribution in [0.4, 0.5) is 0 Å². The van der Waals surface area contributed by atoms with Crippen molar-refractivity contribution in [3.63, 3.8) is 0 Å². The molecule has 0 bridgehead atoms. The molecule has 4 heteroatoms. The van der Waals surface area contributed by atoms with E-state index in [4.69, 9.17) is 10.3 Å². The van der Waals surface area contributed by atoms with E-state index in [2.05, 4.69) is 5.16 Å². The van der Waals surface area contributed by atoms with Crippen molar-refractivity contribution in [2.24, 2.45) is 22.4 Å². The van der Waals surface area contributed by atoms with Crippen LogP contribution in [-0.2, 0) is 4.79 Å². The van der Waals surface area contributed by atoms with Crippen molar-refractivity contribution in [2.75, 3.05) is 0 Å². The molecule has 0 spiro atoms. The average molecular weight is 157 g/mol. The summed E-state index contributed by atoms with van der Waals surface area (Å²) < 4.78 is 0. The number of rotatable bonds is 2. The summed E-state index contributed by atoms with van der Waals surface area (Å²) in [5.41, 5.74) is -0.252. The largest absolute Gasteiger partial charge is 0.481 e. The van der Waals surface area contributed by atoms with E-state index in [9.17, 15) is 4.79 Å². The Labute approximate surface area is 64.5 Å². The molecule has 11 heavy (non-hydrogen) atoms. The molecule has 2 unspecified atom stereocenters. The van der Waals surface area contributed by atoms with Gasteiger partial charge in [-0.05, 0) is 5.41 Å². The van der Waals surface area contributed by atoms with E-state index < -0.39 is 11.9 Å². The number of aliphatic carboxylic acids is 1. The van der Waals surface area contributed by atoms with Crippen molar-refractivity contribution in [2.45, 2.75) is 13.8 Å². The highest BCUT2D eigenvalue weighted by atomic mass is 16.4. The maximum absolute atomic E-state index is 10.5. The summed E-state index contributed by atoms with van der Waals surface area (Å²) in [5, 5.41) is 19.7. The number of carbonyl (C=O) groups is 1. The second-order valence-corrected chi connectivity index (χ2v) is 3.43. The van der Waals surface area contributed by atoms with Gasteiger partial charge in [-0.15, -0.1) is 5.16 Å². The Morgan fingerprint density at radius 1 is 1.64 bits per heavy atom. The van der Waals surface area contributed by atoms with E-state index in [-0.39, 0.29) is 11.3 Å². The average Bonchev–Trinajstić information content (AvgIpc) is 2.35. The van der Waals surface area contributed by atoms with Gasteiger partial charge >= 0.3 is 5.97 Å². The predicted molar refractivity (Wildman–Crippen MR) is 38.7 cm³/mol. The normalized spacial score (nSPS) is 34.0. The zero-order valence-corrected chi connectivity index (χ0v) is 6.48. The molecule has 2 atom stereocenters. The molecule has 0 aromatic heterocycles. The van der Waals surface area contributed by atoms with E-state index in [0.717, 1.165) is 0 Å². The molecule has 0 aromatic carbocycles. The summed E-state index contributed by atoms with van der Waals surface area (Å²) in [6.45, 7) is 3.69. The molecule has 1 aliphatic carbocycles. The van der Waals surface area contributed by atoms with Gasteiger partial charge in [0.05, 0.1) is 5.92 Å². The predicted octanol–water partition coefficient (Wildman–Crippen LogP) is 0.803. The Bertz CT molecular complexity index is 210. The molecule has 0 saturated heterocycles. The number of hydrogen-bond acceptors (Lipinski definition) is 3. The molecule has 4 nitrogen and oxygen atoms in total. The highest BCUT2D eigenvalue weighted by molar-refractivity contribution is 5.84. The topological polar surface area (TPSA) is 69.9 Å². The van der Waals surface area contributed by atoms with Crippen molar-refractivity contribution < 1.29 is 15.1 Å². The molecule has 0 aliphatic heterocycles. The van der Waals surface area contributed by atoms with Crippen LogP contribution in [0.1, 0.15) is 13.8 Å². The first-order valence-corrected chi connectivity index (χ1v) is 3.42. The summed E-state index contributed by atoms with van der Waals surface area (Å²) in [6, 6.07) is 0. The fraction of sp³-hybridized carbons (Fsp3) is 0.714. The summed E-state index contributed by atoms with van der Waals surface area (Å²) in [5.74, 6) is -1.33. The van der Waals surface area contributed by atoms with Gasteiger partial charge in [0.1, 0.15) is 0 Å². The molecule has 1 fully saturated rings. The van der Waals surface area contributed by atoms with Crippen LogP contribution in [0.5, 0.6) is 0 Å². The van der Waals surface area contributed by atoms with Gasteiger partial charge < -0.3 is 10.3 Å². The van der Waals surface area contributed by atoms with Gasteiger partial charge in [-0.2, -0.15) is 0 Å². The minimum absolute atomic E-state index is 0.120. The lowest BCUT2D eigenvalue weighted by Gasteiger charge is -1.95. The minimum Gasteiger partial charge on any atom is -0.481 e. The number of carboxylic acids is 1. The van der Waals surface area contributed by atoms with Crippen LogP contribution in [0.25, 0.3) is 0 Å². The molecular formula is C7H11NO3. The third-order valence-electron chi connectivity index (χ3n) is 2.40. The van der Waals surface area contributed by atoms with E-state index in [1.807, 2.05) is 13.8 Å². The van der Waals surface area contributed by atoms with Crippen LogP contribution in [0.2, 0.25) is 0 Å². The number of hydrogen-bond donors (Lipinski definition) is 2. The molecule has 1 aliphatic rings. The molecular weight excluding hydrogens is 146 g/mol. The van der Waals surface area contributed by atoms with Crippen LogP contribution in [0.3, 0.4) is 0 Å². The van der Waals surface area contributed by atoms with Crippen LogP contribution in [0.15, 0.2) is 5.16 Å². The second kappa shape index (κ2) is 2.22. The quantitative estimate of drug-likeness (QED) is 0.354. The Kier molecular flexibility index (Phi) is 1.62. The lowest BCUT2D eigenvalue weighted by Crippen LogP contribution is -2.03. The third-order valence-corrected chi connectivity index (χ3v) is 2.40. The summed E-state index contributed by atoms with van der Waals surface area (Å²) >= 11 is 0. The van der Waals surface area contributed by atoms with Crippen LogP contribution >= 0.6 is 0 Å². The van der Waals surface area contributed by atoms with Gasteiger partial charge in [0.25, 0.3) is 0 Å². The number of carboxylic acid groups (broad SMARTS) is 1. The van der Waals surface area contributed by atoms with E-state index in [1.165, 1.54) is 6.21 Å². The molecule has 0 aromatic rings. The molecule has 1 rings (SSSR count). The van der Waals surface area contributed by atoms with Crippen molar-refractivity contribution in [1.29, 1.82) is 0 Å². The summed E-state index contributed by atoms with van der Waals surface area (Å²) in [7, 11) is 0. The van der Waals surface area contributed by atoms with E-state index in [0.29, 0.717) is 0 Å². The fourth-order valence-corrected chi connectivity index (χ4v) is 1.50. The van der Waals surface area contributed by atoms with Crippen LogP contribution in [0, 0.1) is 17.3 Å². The molecule has 0 heterocycles. The number of nitrogens with zero attached hydrogens (tertiary/aromatic N) is 1. The zero-order valence-electron chi connectivity index (χ0n) is 6.48. The maximum Gasteiger partial charge on any atom is 0.307 e. The first-order chi connectivity index (χ1) is 5.01. The van der Waals surface area contributed by atoms with E-state index >= 15 is 0 Å². The Morgan fingerprint density at radius 3 is 2.45 bits per heavy atom. The van der Waals surface area contributed by atoms with Crippen LogP contribution in [-0.4, -0.2) is 22.5 Å². The molecule has 0 radical (unpaired) electrons. The standard InChI is InChI=1S/C7H11NO3/c1-7(2)4(3-8-11)5(7)6(9)10/h3-5,11H,1-2H3,(H,9,10). The van der Waals surface area contributed by atoms with Crippen molar-refractivity contribution in [3.05, 3.63) is 0 Å². The van der Waals surface area contributed by atoms with E-state index in [1.54, 1.807) is 0 Å². The highest BCUT2D eigenvalue weighted by Crippen LogP contribution is 2.57. The molecule has 2 N–H and O–H groups in total. The van der Waals surface area contributed by atoms with Crippen LogP contribution < -0.4 is 0 Å². The first kappa shape index (κ1) is 8.04. The van der Waals surface area contributed by atoms with Gasteiger partial charge in [-0.25, -0.2) is 0 Å².